The summed E-state index contributed by atoms with van der Waals surface area (Å²) in [6.45, 7) is 5.53. The van der Waals surface area contributed by atoms with E-state index in [1.165, 1.54) is 0 Å². The summed E-state index contributed by atoms with van der Waals surface area (Å²) in [7, 11) is 1.72. The molecule has 0 saturated carbocycles. The zero-order valence-electron chi connectivity index (χ0n) is 13.2. The predicted octanol–water partition coefficient (Wildman–Crippen LogP) is 2.04. The minimum atomic E-state index is 0.494. The number of aromatic nitrogens is 1. The molecule has 2 rings (SSSR count). The van der Waals surface area contributed by atoms with Crippen molar-refractivity contribution in [1.29, 1.82) is 0 Å². The van der Waals surface area contributed by atoms with Gasteiger partial charge in [0.15, 0.2) is 5.96 Å². The van der Waals surface area contributed by atoms with Crippen LogP contribution in [-0.4, -0.2) is 31.1 Å². The van der Waals surface area contributed by atoms with Gasteiger partial charge in [-0.25, -0.2) is 4.98 Å². The maximum Gasteiger partial charge on any atom is 0.214 e. The fourth-order valence-corrected chi connectivity index (χ4v) is 1.85. The van der Waals surface area contributed by atoms with Crippen molar-refractivity contribution in [2.24, 2.45) is 4.99 Å². The number of aliphatic imine (C=N–C) groups is 1. The van der Waals surface area contributed by atoms with Crippen molar-refractivity contribution in [2.75, 3.05) is 20.2 Å². The summed E-state index contributed by atoms with van der Waals surface area (Å²) < 4.78 is 11.1. The normalized spacial score (nSPS) is 11.3. The van der Waals surface area contributed by atoms with Gasteiger partial charge < -0.3 is 19.8 Å². The molecule has 118 valence electrons. The number of nitrogens with zero attached hydrogens (tertiary/aromatic N) is 2. The molecule has 0 spiro atoms. The van der Waals surface area contributed by atoms with Gasteiger partial charge in [0, 0.05) is 7.05 Å². The van der Waals surface area contributed by atoms with Crippen LogP contribution in [0.3, 0.4) is 0 Å². The van der Waals surface area contributed by atoms with E-state index in [2.05, 4.69) is 20.6 Å². The van der Waals surface area contributed by atoms with Gasteiger partial charge in [-0.1, -0.05) is 18.2 Å². The Morgan fingerprint density at radius 3 is 2.64 bits per heavy atom. The Labute approximate surface area is 130 Å². The van der Waals surface area contributed by atoms with Gasteiger partial charge in [-0.2, -0.15) is 0 Å². The van der Waals surface area contributed by atoms with E-state index in [1.807, 2.05) is 44.2 Å². The molecule has 0 atom stereocenters. The lowest BCUT2D eigenvalue weighted by atomic mass is 10.3. The van der Waals surface area contributed by atoms with Gasteiger partial charge in [0.25, 0.3) is 0 Å². The Bertz CT molecular complexity index is 588. The average Bonchev–Trinajstić information content (AvgIpc) is 2.86. The summed E-state index contributed by atoms with van der Waals surface area (Å²) >= 11 is 0. The third-order valence-corrected chi connectivity index (χ3v) is 3.11. The molecular formula is C16H22N4O2. The molecule has 0 bridgehead atoms. The van der Waals surface area contributed by atoms with Gasteiger partial charge in [0.2, 0.25) is 5.89 Å². The molecule has 22 heavy (non-hydrogen) atoms. The van der Waals surface area contributed by atoms with Gasteiger partial charge in [0.1, 0.15) is 18.1 Å². The Morgan fingerprint density at radius 2 is 2.00 bits per heavy atom. The minimum absolute atomic E-state index is 0.494. The van der Waals surface area contributed by atoms with E-state index in [0.29, 0.717) is 31.5 Å². The summed E-state index contributed by atoms with van der Waals surface area (Å²) in [4.78, 5) is 8.46. The number of ether oxygens (including phenoxy) is 1. The van der Waals surface area contributed by atoms with Crippen molar-refractivity contribution in [3.63, 3.8) is 0 Å². The first-order valence-electron chi connectivity index (χ1n) is 7.24. The lowest BCUT2D eigenvalue weighted by Gasteiger charge is -2.11. The molecule has 0 aliphatic heterocycles. The highest BCUT2D eigenvalue weighted by Gasteiger charge is 2.06. The highest BCUT2D eigenvalue weighted by molar-refractivity contribution is 5.79. The highest BCUT2D eigenvalue weighted by atomic mass is 16.5. The van der Waals surface area contributed by atoms with E-state index in [4.69, 9.17) is 9.15 Å². The molecule has 0 radical (unpaired) electrons. The van der Waals surface area contributed by atoms with Crippen molar-refractivity contribution in [3.05, 3.63) is 47.7 Å². The zero-order valence-corrected chi connectivity index (χ0v) is 13.2. The first kappa shape index (κ1) is 15.9. The van der Waals surface area contributed by atoms with Crippen LogP contribution in [0.5, 0.6) is 5.75 Å². The Morgan fingerprint density at radius 1 is 1.23 bits per heavy atom. The van der Waals surface area contributed by atoms with E-state index >= 15 is 0 Å². The predicted molar refractivity (Wildman–Crippen MR) is 86.1 cm³/mol. The van der Waals surface area contributed by atoms with Crippen LogP contribution in [-0.2, 0) is 6.54 Å². The Hall–Kier alpha value is -2.50. The van der Waals surface area contributed by atoms with Crippen molar-refractivity contribution >= 4 is 5.96 Å². The third-order valence-electron chi connectivity index (χ3n) is 3.11. The topological polar surface area (TPSA) is 71.7 Å². The second kappa shape index (κ2) is 8.07. The molecule has 0 aliphatic rings. The van der Waals surface area contributed by atoms with Gasteiger partial charge >= 0.3 is 0 Å². The molecule has 6 heteroatoms. The fraction of sp³-hybridized carbons (Fsp3) is 0.375. The molecule has 2 N–H and O–H groups in total. The number of oxazole rings is 1. The van der Waals surface area contributed by atoms with Crippen molar-refractivity contribution < 1.29 is 9.15 Å². The molecular weight excluding hydrogens is 280 g/mol. The molecule has 0 fully saturated rings. The minimum Gasteiger partial charge on any atom is -0.492 e. The summed E-state index contributed by atoms with van der Waals surface area (Å²) in [5.41, 5.74) is 0.913. The molecule has 6 nitrogen and oxygen atoms in total. The maximum atomic E-state index is 5.61. The van der Waals surface area contributed by atoms with Crippen LogP contribution in [0.15, 0.2) is 39.7 Å². The van der Waals surface area contributed by atoms with Crippen molar-refractivity contribution in [2.45, 2.75) is 20.4 Å². The van der Waals surface area contributed by atoms with Gasteiger partial charge in [0.05, 0.1) is 18.8 Å². The number of aryl methyl sites for hydroxylation is 2. The van der Waals surface area contributed by atoms with Crippen molar-refractivity contribution in [1.82, 2.24) is 15.6 Å². The first-order valence-corrected chi connectivity index (χ1v) is 7.24. The molecule has 0 amide bonds. The number of rotatable bonds is 6. The van der Waals surface area contributed by atoms with Crippen LogP contribution in [0.4, 0.5) is 0 Å². The molecule has 1 heterocycles. The standard InChI is InChI=1S/C16H22N4O2/c1-12-13(2)22-15(20-12)11-19-16(17-3)18-9-10-21-14-7-5-4-6-8-14/h4-8H,9-11H2,1-3H3,(H2,17,18,19). The summed E-state index contributed by atoms with van der Waals surface area (Å²) in [6, 6.07) is 9.72. The molecule has 1 aromatic heterocycles. The van der Waals surface area contributed by atoms with E-state index in [-0.39, 0.29) is 0 Å². The molecule has 0 unspecified atom stereocenters. The average molecular weight is 302 g/mol. The zero-order chi connectivity index (χ0) is 15.8. The summed E-state index contributed by atoms with van der Waals surface area (Å²) in [5, 5.41) is 6.33. The number of hydrogen-bond donors (Lipinski definition) is 2. The van der Waals surface area contributed by atoms with E-state index in [0.717, 1.165) is 17.2 Å². The smallest absolute Gasteiger partial charge is 0.214 e. The van der Waals surface area contributed by atoms with E-state index in [9.17, 15) is 0 Å². The second-order valence-electron chi connectivity index (χ2n) is 4.76. The Balaban J connectivity index is 1.69. The van der Waals surface area contributed by atoms with Crippen LogP contribution >= 0.6 is 0 Å². The summed E-state index contributed by atoms with van der Waals surface area (Å²) in [6.07, 6.45) is 0. The van der Waals surface area contributed by atoms with Crippen LogP contribution in [0.2, 0.25) is 0 Å². The fourth-order valence-electron chi connectivity index (χ4n) is 1.85. The lowest BCUT2D eigenvalue weighted by molar-refractivity contribution is 0.322. The van der Waals surface area contributed by atoms with E-state index in [1.54, 1.807) is 7.05 Å². The van der Waals surface area contributed by atoms with Crippen LogP contribution in [0, 0.1) is 13.8 Å². The second-order valence-corrected chi connectivity index (χ2v) is 4.76. The van der Waals surface area contributed by atoms with Gasteiger partial charge in [-0.3, -0.25) is 4.99 Å². The van der Waals surface area contributed by atoms with Crippen LogP contribution in [0.25, 0.3) is 0 Å². The number of guanidine groups is 1. The molecule has 0 aliphatic carbocycles. The molecule has 1 aromatic carbocycles. The number of hydrogen-bond acceptors (Lipinski definition) is 4. The number of nitrogens with one attached hydrogen (secondary N) is 2. The van der Waals surface area contributed by atoms with E-state index < -0.39 is 0 Å². The monoisotopic (exact) mass is 302 g/mol. The molecule has 0 saturated heterocycles. The SMILES string of the molecule is CN=C(NCCOc1ccccc1)NCc1nc(C)c(C)o1. The molecule has 2 aromatic rings. The highest BCUT2D eigenvalue weighted by Crippen LogP contribution is 2.08. The van der Waals surface area contributed by atoms with Gasteiger partial charge in [-0.05, 0) is 26.0 Å². The van der Waals surface area contributed by atoms with Gasteiger partial charge in [-0.15, -0.1) is 0 Å². The van der Waals surface area contributed by atoms with Crippen molar-refractivity contribution in [3.8, 4) is 5.75 Å². The van der Waals surface area contributed by atoms with Crippen LogP contribution in [0.1, 0.15) is 17.3 Å². The van der Waals surface area contributed by atoms with Crippen LogP contribution < -0.4 is 15.4 Å². The summed E-state index contributed by atoms with van der Waals surface area (Å²) in [5.74, 6) is 3.04. The Kier molecular flexibility index (Phi) is 5.82. The third kappa shape index (κ3) is 4.80. The largest absolute Gasteiger partial charge is 0.492 e. The first-order chi connectivity index (χ1) is 10.7. The number of para-hydroxylation sites is 1. The number of benzene rings is 1. The maximum absolute atomic E-state index is 5.61. The quantitative estimate of drug-likeness (QED) is 0.485. The lowest BCUT2D eigenvalue weighted by Crippen LogP contribution is -2.38.